The number of furan rings is 2. The van der Waals surface area contributed by atoms with Gasteiger partial charge in [0.2, 0.25) is 0 Å². The minimum atomic E-state index is -0.274. The minimum absolute atomic E-state index is 0.135. The predicted molar refractivity (Wildman–Crippen MR) is 233 cm³/mol. The number of hydrogen-bond acceptors (Lipinski definition) is 5. The van der Waals surface area contributed by atoms with Crippen molar-refractivity contribution in [2.24, 2.45) is 15.9 Å². The van der Waals surface area contributed by atoms with E-state index >= 15 is 0 Å². The molecule has 270 valence electrons. The van der Waals surface area contributed by atoms with Crippen molar-refractivity contribution in [3.63, 3.8) is 0 Å². The Hall–Kier alpha value is -7.44. The quantitative estimate of drug-likeness (QED) is 0.191. The fraction of sp³-hybridized carbons (Fsp3) is 0.0588. The molecule has 12 rings (SSSR count). The molecule has 0 radical (unpaired) electrons. The number of rotatable bonds is 5. The zero-order chi connectivity index (χ0) is 37.5. The van der Waals surface area contributed by atoms with Gasteiger partial charge in [0.1, 0.15) is 34.3 Å². The third-order valence-electron chi connectivity index (χ3n) is 11.6. The largest absolute Gasteiger partial charge is 0.455 e. The van der Waals surface area contributed by atoms with Crippen molar-refractivity contribution in [3.8, 4) is 16.8 Å². The van der Waals surface area contributed by atoms with E-state index in [1.165, 1.54) is 21.8 Å². The first-order valence-electron chi connectivity index (χ1n) is 19.5. The van der Waals surface area contributed by atoms with Gasteiger partial charge >= 0.3 is 0 Å². The molecule has 0 fully saturated rings. The highest BCUT2D eigenvalue weighted by Gasteiger charge is 2.27. The molecule has 0 amide bonds. The van der Waals surface area contributed by atoms with E-state index in [9.17, 15) is 0 Å². The van der Waals surface area contributed by atoms with Gasteiger partial charge in [-0.15, -0.1) is 0 Å². The number of nitrogens with zero attached hydrogens (tertiary/aromatic N) is 3. The van der Waals surface area contributed by atoms with Crippen LogP contribution in [-0.4, -0.2) is 16.2 Å². The standard InChI is InChI=1S/C51H34N4O2/c1-3-14-31(15-4-1)49-52-50(32-16-5-2-6-17-32)54-51(53-49)41-24-12-23-40-46-37(20-13-27-44(46)56-48(40)41)39-22-11-21-38-36-29-28-33(30-45(36)57-47(38)39)55-42-25-9-7-18-34(42)35-19-8-10-26-43(35)55/h1-16,18-30,32,49H,17H2,(H,52,53,54). The highest BCUT2D eigenvalue weighted by molar-refractivity contribution is 6.22. The van der Waals surface area contributed by atoms with Gasteiger partial charge in [0.05, 0.1) is 16.6 Å². The second-order valence-corrected chi connectivity index (χ2v) is 14.9. The van der Waals surface area contributed by atoms with Gasteiger partial charge in [-0.3, -0.25) is 0 Å². The van der Waals surface area contributed by atoms with E-state index in [-0.39, 0.29) is 12.1 Å². The highest BCUT2D eigenvalue weighted by Crippen LogP contribution is 2.43. The summed E-state index contributed by atoms with van der Waals surface area (Å²) in [6, 6.07) is 53.1. The summed E-state index contributed by atoms with van der Waals surface area (Å²) in [4.78, 5) is 10.4. The van der Waals surface area contributed by atoms with Crippen LogP contribution in [-0.2, 0) is 0 Å². The summed E-state index contributed by atoms with van der Waals surface area (Å²) in [5.74, 6) is 1.70. The van der Waals surface area contributed by atoms with Crippen LogP contribution in [0.2, 0.25) is 0 Å². The Balaban J connectivity index is 1.01. The Bertz CT molecular complexity index is 3320. The van der Waals surface area contributed by atoms with Gasteiger partial charge in [-0.25, -0.2) is 9.98 Å². The molecule has 6 heteroatoms. The first-order valence-corrected chi connectivity index (χ1v) is 19.5. The second-order valence-electron chi connectivity index (χ2n) is 14.9. The summed E-state index contributed by atoms with van der Waals surface area (Å²) in [5, 5.41) is 10.3. The molecule has 10 aromatic rings. The SMILES string of the molecule is C1=CCC(C2=NC(c3cccc4c3oc3cccc(-c5cccc6c5oc5cc(-n7c8ccccc8c8ccccc87)ccc56)c34)=NC(c3ccccc3)N2)C=C1. The molecule has 7 aromatic carbocycles. The molecule has 0 spiro atoms. The van der Waals surface area contributed by atoms with Crippen LogP contribution in [0, 0.1) is 5.92 Å². The maximum Gasteiger partial charge on any atom is 0.162 e. The molecule has 0 saturated carbocycles. The summed E-state index contributed by atoms with van der Waals surface area (Å²) in [6.45, 7) is 0. The zero-order valence-corrected chi connectivity index (χ0v) is 30.8. The molecule has 1 aliphatic carbocycles. The van der Waals surface area contributed by atoms with Crippen LogP contribution >= 0.6 is 0 Å². The number of fused-ring (bicyclic) bond motifs is 9. The highest BCUT2D eigenvalue weighted by atomic mass is 16.3. The Kier molecular flexibility index (Phi) is 7.01. The zero-order valence-electron chi connectivity index (χ0n) is 30.8. The molecule has 0 saturated heterocycles. The molecule has 6 nitrogen and oxygen atoms in total. The van der Waals surface area contributed by atoms with E-state index in [1.807, 2.05) is 12.1 Å². The average molecular weight is 735 g/mol. The maximum atomic E-state index is 6.88. The Morgan fingerprint density at radius 3 is 2.05 bits per heavy atom. The van der Waals surface area contributed by atoms with Crippen LogP contribution in [0.25, 0.3) is 82.5 Å². The predicted octanol–water partition coefficient (Wildman–Crippen LogP) is 12.8. The van der Waals surface area contributed by atoms with Crippen LogP contribution in [0.1, 0.15) is 23.7 Å². The summed E-state index contributed by atoms with van der Waals surface area (Å²) >= 11 is 0. The number of para-hydroxylation sites is 4. The number of benzene rings is 7. The van der Waals surface area contributed by atoms with E-state index < -0.39 is 0 Å². The first kappa shape index (κ1) is 31.9. The smallest absolute Gasteiger partial charge is 0.162 e. The van der Waals surface area contributed by atoms with Crippen molar-refractivity contribution in [3.05, 3.63) is 187 Å². The van der Waals surface area contributed by atoms with Crippen LogP contribution in [0.4, 0.5) is 0 Å². The second kappa shape index (κ2) is 12.5. The molecular formula is C51H34N4O2. The van der Waals surface area contributed by atoms with Gasteiger partial charge in [0.25, 0.3) is 0 Å². The molecule has 2 aliphatic rings. The molecule has 57 heavy (non-hydrogen) atoms. The van der Waals surface area contributed by atoms with Gasteiger partial charge in [-0.1, -0.05) is 133 Å². The molecule has 2 atom stereocenters. The van der Waals surface area contributed by atoms with Crippen LogP contribution in [0.15, 0.2) is 195 Å². The minimum Gasteiger partial charge on any atom is -0.455 e. The maximum absolute atomic E-state index is 6.88. The summed E-state index contributed by atoms with van der Waals surface area (Å²) < 4.78 is 16.0. The van der Waals surface area contributed by atoms with Crippen molar-refractivity contribution in [1.82, 2.24) is 9.88 Å². The molecule has 1 aliphatic heterocycles. The van der Waals surface area contributed by atoms with Gasteiger partial charge in [0, 0.05) is 55.6 Å². The number of aromatic nitrogens is 1. The number of amidine groups is 2. The fourth-order valence-electron chi connectivity index (χ4n) is 8.95. The first-order chi connectivity index (χ1) is 28.3. The van der Waals surface area contributed by atoms with Crippen molar-refractivity contribution >= 4 is 77.4 Å². The van der Waals surface area contributed by atoms with Crippen molar-refractivity contribution in [2.75, 3.05) is 0 Å². The Morgan fingerprint density at radius 1 is 0.561 bits per heavy atom. The van der Waals surface area contributed by atoms with E-state index in [4.69, 9.17) is 18.8 Å². The fourth-order valence-corrected chi connectivity index (χ4v) is 8.95. The molecule has 0 bridgehead atoms. The van der Waals surface area contributed by atoms with E-state index in [0.29, 0.717) is 5.84 Å². The summed E-state index contributed by atoms with van der Waals surface area (Å²) in [5.41, 5.74) is 10.7. The number of hydrogen-bond donors (Lipinski definition) is 1. The van der Waals surface area contributed by atoms with Gasteiger partial charge in [-0.2, -0.15) is 0 Å². The lowest BCUT2D eigenvalue weighted by Gasteiger charge is -2.27. The third kappa shape index (κ3) is 4.97. The molecule has 4 heterocycles. The number of nitrogens with one attached hydrogen (secondary N) is 1. The van der Waals surface area contributed by atoms with Crippen LogP contribution in [0.3, 0.4) is 0 Å². The monoisotopic (exact) mass is 734 g/mol. The summed E-state index contributed by atoms with van der Waals surface area (Å²) in [7, 11) is 0. The molecule has 1 N–H and O–H groups in total. The molecule has 2 unspecified atom stereocenters. The summed E-state index contributed by atoms with van der Waals surface area (Å²) in [6.07, 6.45) is 9.18. The topological polar surface area (TPSA) is 68.0 Å². The normalized spacial score (nSPS) is 16.9. The van der Waals surface area contributed by atoms with Crippen LogP contribution in [0.5, 0.6) is 0 Å². The van der Waals surface area contributed by atoms with E-state index in [0.717, 1.165) is 84.1 Å². The Labute approximate surface area is 327 Å². The number of allylic oxidation sites excluding steroid dienone is 3. The van der Waals surface area contributed by atoms with Gasteiger partial charge in [-0.05, 0) is 53.9 Å². The van der Waals surface area contributed by atoms with E-state index in [2.05, 4.69) is 174 Å². The lowest BCUT2D eigenvalue weighted by atomic mass is 9.96. The average Bonchev–Trinajstić information content (AvgIpc) is 3.96. The lowest BCUT2D eigenvalue weighted by Crippen LogP contribution is -2.37. The van der Waals surface area contributed by atoms with Gasteiger partial charge < -0.3 is 18.7 Å². The Morgan fingerprint density at radius 2 is 1.25 bits per heavy atom. The lowest BCUT2D eigenvalue weighted by molar-refractivity contribution is 0.641. The van der Waals surface area contributed by atoms with Crippen molar-refractivity contribution in [1.29, 1.82) is 0 Å². The molecule has 3 aromatic heterocycles. The third-order valence-corrected chi connectivity index (χ3v) is 11.6. The van der Waals surface area contributed by atoms with Crippen LogP contribution < -0.4 is 5.32 Å². The van der Waals surface area contributed by atoms with Gasteiger partial charge in [0.15, 0.2) is 5.84 Å². The van der Waals surface area contributed by atoms with Crippen molar-refractivity contribution < 1.29 is 8.83 Å². The van der Waals surface area contributed by atoms with E-state index in [1.54, 1.807) is 0 Å². The van der Waals surface area contributed by atoms with Crippen molar-refractivity contribution in [2.45, 2.75) is 12.6 Å². The number of aliphatic imine (C=N–C) groups is 2. The molecular weight excluding hydrogens is 701 g/mol.